The van der Waals surface area contributed by atoms with Crippen LogP contribution in [0, 0.1) is 11.8 Å². The molecule has 115 heavy (non-hydrogen) atoms. The number of piperazine rings is 2. The lowest BCUT2D eigenvalue weighted by Gasteiger charge is -2.34. The van der Waals surface area contributed by atoms with E-state index in [0.717, 1.165) is 68.0 Å². The largest absolute Gasteiger partial charge is 0.477 e. The highest BCUT2D eigenvalue weighted by Crippen LogP contribution is 2.39. The van der Waals surface area contributed by atoms with Gasteiger partial charge in [0, 0.05) is 132 Å². The maximum Gasteiger partial charge on any atom is 0.418 e. The summed E-state index contributed by atoms with van der Waals surface area (Å²) >= 11 is 0. The maximum atomic E-state index is 13.5. The molecule has 3 saturated heterocycles. The molecule has 8 aromatic heterocycles. The van der Waals surface area contributed by atoms with E-state index in [-0.39, 0.29) is 112 Å². The topological polar surface area (TPSA) is 363 Å². The first-order chi connectivity index (χ1) is 54.6. The predicted molar refractivity (Wildman–Crippen MR) is 435 cm³/mol. The minimum absolute atomic E-state index is 0. The summed E-state index contributed by atoms with van der Waals surface area (Å²) in [4.78, 5) is 86.2. The van der Waals surface area contributed by atoms with Crippen LogP contribution in [0.25, 0.3) is 0 Å². The molecule has 3 aliphatic rings. The number of benzene rings is 1. The van der Waals surface area contributed by atoms with Gasteiger partial charge in [0.05, 0.1) is 51.1 Å². The molecule has 0 aliphatic carbocycles. The van der Waals surface area contributed by atoms with Crippen molar-refractivity contribution < 1.29 is 99.9 Å². The molecule has 638 valence electrons. The van der Waals surface area contributed by atoms with Crippen LogP contribution >= 0.6 is 0 Å². The molecule has 0 amide bonds. The van der Waals surface area contributed by atoms with E-state index in [9.17, 15) is 71.9 Å². The Morgan fingerprint density at radius 3 is 1.31 bits per heavy atom. The van der Waals surface area contributed by atoms with Gasteiger partial charge in [-0.05, 0) is 141 Å². The van der Waals surface area contributed by atoms with Gasteiger partial charge in [-0.25, -0.2) is 39.9 Å². The van der Waals surface area contributed by atoms with E-state index in [1.54, 1.807) is 0 Å². The van der Waals surface area contributed by atoms with Gasteiger partial charge in [-0.2, -0.15) is 52.7 Å². The van der Waals surface area contributed by atoms with E-state index in [0.29, 0.717) is 76.6 Å². The van der Waals surface area contributed by atoms with Gasteiger partial charge in [0.1, 0.15) is 63.5 Å². The summed E-state index contributed by atoms with van der Waals surface area (Å²) in [5, 5.41) is 9.79. The van der Waals surface area contributed by atoms with Crippen molar-refractivity contribution in [2.75, 3.05) is 104 Å². The van der Waals surface area contributed by atoms with Crippen LogP contribution in [0.4, 0.5) is 93.4 Å². The van der Waals surface area contributed by atoms with Crippen LogP contribution in [0.2, 0.25) is 0 Å². The first-order valence-electron chi connectivity index (χ1n) is 36.6. The first-order valence-corrected chi connectivity index (χ1v) is 36.6. The second-order valence-electron chi connectivity index (χ2n) is 27.1. The Labute approximate surface area is 673 Å². The zero-order chi connectivity index (χ0) is 83.5. The fourth-order valence-electron chi connectivity index (χ4n) is 13.0. The Morgan fingerprint density at radius 2 is 0.913 bits per heavy atom. The number of hydrogen-bond acceptors (Lipinski definition) is 24. The van der Waals surface area contributed by atoms with Crippen molar-refractivity contribution in [2.24, 2.45) is 17.6 Å². The van der Waals surface area contributed by atoms with Crippen LogP contribution < -0.4 is 59.2 Å². The molecule has 3 aliphatic heterocycles. The monoisotopic (exact) mass is 1640 g/mol. The second-order valence-corrected chi connectivity index (χ2v) is 27.1. The van der Waals surface area contributed by atoms with Crippen LogP contribution in [0.1, 0.15) is 176 Å². The molecule has 0 bridgehead atoms. The Hall–Kier alpha value is -11.5. The highest BCUT2D eigenvalue weighted by atomic mass is 19.4. The molecular weight excluding hydrogens is 1520 g/mol. The Morgan fingerprint density at radius 1 is 0.522 bits per heavy atom. The molecule has 12 rings (SSSR count). The lowest BCUT2D eigenvalue weighted by atomic mass is 9.88. The van der Waals surface area contributed by atoms with Gasteiger partial charge in [0.15, 0.2) is 0 Å². The lowest BCUT2D eigenvalue weighted by Crippen LogP contribution is -2.51. The second kappa shape index (κ2) is 39.0. The molecule has 0 radical (unpaired) electrons. The number of nitrogen functional groups attached to an aromatic ring is 4. The zero-order valence-corrected chi connectivity index (χ0v) is 62.8. The Bertz CT molecular complexity index is 4860. The number of carbonyl (C=O) groups excluding carboxylic acids is 4. The summed E-state index contributed by atoms with van der Waals surface area (Å²) in [6.45, 7) is 13.8. The molecule has 9 aromatic rings. The number of nitrogens with one attached hydrogen (secondary N) is 3. The summed E-state index contributed by atoms with van der Waals surface area (Å²) in [5.74, 6) is -3.01. The zero-order valence-electron chi connectivity index (χ0n) is 62.8. The molecule has 5 atom stereocenters. The SMILES string of the molecule is CC(COc1ccc(C(F)(F)F)c(C(=O)c2cccnc2N)n1)C1CCOCC1.CC(Nc1ccc(C(F)(F)F)c(C(=O)c2cccnc2N)n1)C(CN)c1ccccc1.CCC1CN(c2ccc(C(F)(F)F)c(C(=O)c3cccnc3N)n2)CCN1.CCCC1CN(c2ccc(C(F)(F)F)c(C(=O)c3cccnc3N)n2)CCN1.[HH].[HH].[HH].[HH].[HH].[HH].[HH].[HH].[HH].[HH].[HH].[HH].[HH]. The van der Waals surface area contributed by atoms with Gasteiger partial charge in [0.2, 0.25) is 29.0 Å². The summed E-state index contributed by atoms with van der Waals surface area (Å²) in [7, 11) is 0. The van der Waals surface area contributed by atoms with Gasteiger partial charge in [-0.3, -0.25) is 19.2 Å². The number of nitrogens with two attached hydrogens (primary N) is 5. The number of ketones is 4. The number of aromatic nitrogens is 8. The third-order valence-electron chi connectivity index (χ3n) is 19.3. The highest BCUT2D eigenvalue weighted by Gasteiger charge is 2.42. The molecule has 1 aromatic carbocycles. The van der Waals surface area contributed by atoms with E-state index >= 15 is 0 Å². The quantitative estimate of drug-likeness (QED) is 0.0231. The Kier molecular flexibility index (Phi) is 29.7. The number of anilines is 7. The van der Waals surface area contributed by atoms with Crippen molar-refractivity contribution in [3.8, 4) is 5.88 Å². The third-order valence-corrected chi connectivity index (χ3v) is 19.3. The van der Waals surface area contributed by atoms with Gasteiger partial charge in [-0.1, -0.05) is 57.5 Å². The number of carbonyl (C=O) groups is 4. The third kappa shape index (κ3) is 22.9. The molecule has 24 nitrogen and oxygen atoms in total. The van der Waals surface area contributed by atoms with E-state index in [2.05, 4.69) is 62.7 Å². The molecule has 5 unspecified atom stereocenters. The van der Waals surface area contributed by atoms with Crippen LogP contribution in [0.3, 0.4) is 0 Å². The smallest absolute Gasteiger partial charge is 0.418 e. The number of halogens is 12. The highest BCUT2D eigenvalue weighted by molar-refractivity contribution is 6.13. The van der Waals surface area contributed by atoms with Crippen molar-refractivity contribution in [3.05, 3.63) is 225 Å². The van der Waals surface area contributed by atoms with E-state index < -0.39 is 92.9 Å². The van der Waals surface area contributed by atoms with E-state index in [1.807, 2.05) is 60.9 Å². The molecule has 36 heteroatoms. The van der Waals surface area contributed by atoms with Crippen LogP contribution in [0.15, 0.2) is 152 Å². The summed E-state index contributed by atoms with van der Waals surface area (Å²) in [6.07, 6.45) is -8.83. The fourth-order valence-corrected chi connectivity index (χ4v) is 13.0. The van der Waals surface area contributed by atoms with Crippen molar-refractivity contribution in [1.82, 2.24) is 50.5 Å². The van der Waals surface area contributed by atoms with Gasteiger partial charge in [-0.15, -0.1) is 0 Å². The number of alkyl halides is 12. The first kappa shape index (κ1) is 87.5. The van der Waals surface area contributed by atoms with Crippen LogP contribution in [-0.4, -0.2) is 147 Å². The summed E-state index contributed by atoms with van der Waals surface area (Å²) < 4.78 is 173. The molecule has 13 N–H and O–H groups in total. The molecule has 11 heterocycles. The number of ether oxygens (including phenoxy) is 2. The van der Waals surface area contributed by atoms with Crippen molar-refractivity contribution in [3.63, 3.8) is 0 Å². The average Bonchev–Trinajstić information content (AvgIpc) is 0.819. The number of rotatable bonds is 22. The standard InChI is InChI=1S/C22H22F3N5O.C20H22F3N3O3.C19H22F3N5O.C18H20F3N5O.13H2/c1-13(16(12-26)14-6-3-2-4-7-14)29-18-10-9-17(22(23,24)25)19(30-18)20(31)15-8-5-11-28-21(15)27;1-12(13-6-9-28-10-7-13)11-29-16-5-4-15(20(21,22)23)17(26-16)18(27)14-3-2-8-25-19(14)24;1-2-4-12-11-27(10-9-24-12)15-7-6-14(19(20,21)22)16(26-15)17(28)13-5-3-8-25-18(13)23;1-2-11-10-26(9-8-23-11)14-6-5-13(18(19,20)21)15(25-14)16(27)12-4-3-7-24-17(12)22;;;;;;;;;;;;;/h2-11,13,16H,12,26H2,1H3,(H2,27,28)(H,29,30);2-5,8,12-13H,6-7,9-11H2,1H3,(H2,24,25);3,5-8,12,24H,2,4,9-11H2,1H3,(H2,23,25);3-7,11,23H,2,8-10H2,1H3,(H2,22,24);13*1H. The van der Waals surface area contributed by atoms with E-state index in [1.165, 1.54) is 91.5 Å². The molecule has 0 spiro atoms. The van der Waals surface area contributed by atoms with E-state index in [4.69, 9.17) is 38.1 Å². The van der Waals surface area contributed by atoms with Crippen molar-refractivity contribution >= 4 is 63.9 Å². The van der Waals surface area contributed by atoms with Gasteiger partial charge >= 0.3 is 24.7 Å². The normalized spacial score (nSPS) is 16.2. The van der Waals surface area contributed by atoms with Gasteiger partial charge in [0.25, 0.3) is 0 Å². The summed E-state index contributed by atoms with van der Waals surface area (Å²) in [5.41, 5.74) is 21.9. The van der Waals surface area contributed by atoms with Gasteiger partial charge < -0.3 is 63.9 Å². The minimum atomic E-state index is -4.76. The maximum absolute atomic E-state index is 13.5. The average molecular weight is 1640 g/mol. The predicted octanol–water partition coefficient (Wildman–Crippen LogP) is 16.2. The number of nitrogens with zero attached hydrogens (tertiary/aromatic N) is 10. The lowest BCUT2D eigenvalue weighted by molar-refractivity contribution is -0.139. The molecule has 0 saturated carbocycles. The number of pyridine rings is 8. The number of hydrogen-bond donors (Lipinski definition) is 8. The van der Waals surface area contributed by atoms with Crippen molar-refractivity contribution in [1.29, 1.82) is 0 Å². The van der Waals surface area contributed by atoms with Crippen LogP contribution in [-0.2, 0) is 29.4 Å². The Balaban J connectivity index is -0.000000509. The van der Waals surface area contributed by atoms with Crippen molar-refractivity contribution in [2.45, 2.75) is 109 Å². The van der Waals surface area contributed by atoms with Crippen LogP contribution in [0.5, 0.6) is 5.88 Å². The molecular formula is C79H112F12N18O6. The minimum Gasteiger partial charge on any atom is -0.477 e. The fraction of sp³-hybridized carbons (Fsp3) is 0.367. The summed E-state index contributed by atoms with van der Waals surface area (Å²) in [6, 6.07) is 29.2. The molecule has 3 fully saturated rings.